The van der Waals surface area contributed by atoms with Gasteiger partial charge in [0.15, 0.2) is 34.5 Å². The maximum atomic E-state index is 10.4. The lowest BCUT2D eigenvalue weighted by Gasteiger charge is -2.20. The molecule has 0 aliphatic rings. The molecule has 1 heterocycles. The molecule has 0 N–H and O–H groups in total. The van der Waals surface area contributed by atoms with E-state index >= 15 is 0 Å². The van der Waals surface area contributed by atoms with E-state index in [-0.39, 0.29) is 16.9 Å². The smallest absolute Gasteiger partial charge is 0.412 e. The highest BCUT2D eigenvalue weighted by molar-refractivity contribution is 7.60. The summed E-state index contributed by atoms with van der Waals surface area (Å²) in [6.45, 7) is 0. The van der Waals surface area contributed by atoms with Crippen LogP contribution in [0, 0.1) is 22.7 Å². The van der Waals surface area contributed by atoms with Crippen LogP contribution in [0.3, 0.4) is 0 Å². The van der Waals surface area contributed by atoms with Crippen LogP contribution in [-0.4, -0.2) is 17.3 Å². The van der Waals surface area contributed by atoms with Gasteiger partial charge in [-0.3, -0.25) is 0 Å². The van der Waals surface area contributed by atoms with E-state index in [1.54, 1.807) is 83.1 Å². The van der Waals surface area contributed by atoms with Crippen LogP contribution in [0.1, 0.15) is 11.1 Å². The molecule has 0 aliphatic heterocycles. The molecule has 4 unspecified atom stereocenters. The van der Waals surface area contributed by atoms with Crippen molar-refractivity contribution in [2.24, 2.45) is 0 Å². The van der Waals surface area contributed by atoms with E-state index in [9.17, 15) is 10.5 Å². The molecular formula is C44H33N6O7P4+. The van der Waals surface area contributed by atoms with Gasteiger partial charge in [-0.15, -0.1) is 0 Å². The zero-order chi connectivity index (χ0) is 41.6. The third-order valence-corrected chi connectivity index (χ3v) is 15.8. The van der Waals surface area contributed by atoms with E-state index in [0.717, 1.165) is 0 Å². The first-order chi connectivity index (χ1) is 30.1. The van der Waals surface area contributed by atoms with Gasteiger partial charge < -0.3 is 32.6 Å². The summed E-state index contributed by atoms with van der Waals surface area (Å²) in [4.78, 5) is 20.6. The van der Waals surface area contributed by atoms with Gasteiger partial charge in [-0.2, -0.15) is 10.5 Å². The third-order valence-electron chi connectivity index (χ3n) is 8.05. The van der Waals surface area contributed by atoms with Gasteiger partial charge in [0.1, 0.15) is 23.5 Å². The number of rotatable bonds is 14. The molecule has 4 atom stereocenters. The fraction of sp³-hybridized carbons (Fsp3) is 0. The number of nitriles is 2. The SMILES string of the molecule is N#Cc1cccc(O[p+]2np(Oc3ccccc3)n(Oc3ccccc3)p(Oc3ccccc3)n(Oc3ccccc3)p(Oc3ccccc3)n2Oc2ccccc2)c1C#N. The van der Waals surface area contributed by atoms with E-state index < -0.39 is 32.3 Å². The summed E-state index contributed by atoms with van der Waals surface area (Å²) in [6, 6.07) is 64.0. The predicted molar refractivity (Wildman–Crippen MR) is 235 cm³/mol. The topological polar surface area (TPSA) is 140 Å². The molecule has 0 spiro atoms. The zero-order valence-corrected chi connectivity index (χ0v) is 35.5. The van der Waals surface area contributed by atoms with Crippen molar-refractivity contribution >= 4 is 32.3 Å². The highest BCUT2D eigenvalue weighted by Crippen LogP contribution is 2.49. The molecule has 8 rings (SSSR count). The van der Waals surface area contributed by atoms with Gasteiger partial charge in [0.05, 0.1) is 9.82 Å². The minimum Gasteiger partial charge on any atom is -0.412 e. The Labute approximate surface area is 355 Å². The molecule has 0 saturated carbocycles. The van der Waals surface area contributed by atoms with Crippen molar-refractivity contribution in [3.05, 3.63) is 211 Å². The normalized spacial score (nSPS) is 11.4. The van der Waals surface area contributed by atoms with Crippen molar-refractivity contribution in [2.75, 3.05) is 0 Å². The molecule has 0 bridgehead atoms. The molecule has 7 aromatic carbocycles. The lowest BCUT2D eigenvalue weighted by Crippen LogP contribution is -2.18. The number of hydrogen-bond acceptors (Lipinski definition) is 10. The minimum atomic E-state index is -2.48. The summed E-state index contributed by atoms with van der Waals surface area (Å²) in [5, 5.41) is 20.4. The fourth-order valence-corrected chi connectivity index (χ4v) is 13.7. The second-order valence-corrected chi connectivity index (χ2v) is 18.9. The summed E-state index contributed by atoms with van der Waals surface area (Å²) in [5.41, 5.74) is 0.126. The second-order valence-electron chi connectivity index (χ2n) is 12.3. The molecule has 61 heavy (non-hydrogen) atoms. The molecule has 300 valence electrons. The van der Waals surface area contributed by atoms with Crippen molar-refractivity contribution in [3.63, 3.8) is 0 Å². The van der Waals surface area contributed by atoms with E-state index in [1.807, 2.05) is 121 Å². The number of benzene rings is 7. The molecular weight excluding hydrogens is 848 g/mol. The Morgan fingerprint density at radius 3 is 1.33 bits per heavy atom. The quantitative estimate of drug-likeness (QED) is 0.104. The number of para-hydroxylation sites is 6. The minimum absolute atomic E-state index is 0.00970. The standard InChI is InChI=1S/C44H33N6O7P4/c45-34-36-20-19-33-44(43(36)35-46)57-59-47-58(54-40-27-13-4-14-28-40)48(51-37-21-7-1-8-22-37)60(55-41-29-15-5-16-30-41)50(53-39-25-11-3-12-26-39)61(56-42-31-17-6-18-32-42)49(59)52-38-23-9-2-10-24-38/h1-33H/q+1. The Balaban J connectivity index is 1.57. The number of aromatic nitrogens is 4. The van der Waals surface area contributed by atoms with Crippen molar-refractivity contribution in [3.8, 4) is 52.4 Å². The molecule has 13 nitrogen and oxygen atoms in total. The van der Waals surface area contributed by atoms with Crippen LogP contribution in [-0.2, 0) is 0 Å². The summed E-state index contributed by atoms with van der Waals surface area (Å²) in [6.07, 6.45) is 0. The third kappa shape index (κ3) is 10.2. The van der Waals surface area contributed by atoms with Crippen LogP contribution in [0.5, 0.6) is 40.2 Å². The van der Waals surface area contributed by atoms with Crippen LogP contribution in [0.25, 0.3) is 0 Å². The van der Waals surface area contributed by atoms with Gasteiger partial charge >= 0.3 is 32.3 Å². The van der Waals surface area contributed by atoms with Crippen molar-refractivity contribution in [1.82, 2.24) is 17.3 Å². The van der Waals surface area contributed by atoms with E-state index in [0.29, 0.717) is 34.5 Å². The van der Waals surface area contributed by atoms with E-state index in [2.05, 4.69) is 12.1 Å². The largest absolute Gasteiger partial charge is 0.430 e. The first-order valence-electron chi connectivity index (χ1n) is 18.5. The van der Waals surface area contributed by atoms with E-state index in [1.165, 1.54) is 8.51 Å². The van der Waals surface area contributed by atoms with Gasteiger partial charge in [0, 0.05) is 13.0 Å². The molecule has 0 radical (unpaired) electrons. The van der Waals surface area contributed by atoms with Crippen LogP contribution < -0.4 is 32.6 Å². The summed E-state index contributed by atoms with van der Waals surface area (Å²) in [7, 11) is -9.60. The summed E-state index contributed by atoms with van der Waals surface area (Å²) in [5.74, 6) is 2.74. The van der Waals surface area contributed by atoms with Gasteiger partial charge in [-0.25, -0.2) is 0 Å². The van der Waals surface area contributed by atoms with Crippen molar-refractivity contribution < 1.29 is 32.6 Å². The lowest BCUT2D eigenvalue weighted by molar-refractivity contribution is 0.217. The molecule has 0 saturated heterocycles. The van der Waals surface area contributed by atoms with Gasteiger partial charge in [0.2, 0.25) is 0 Å². The Bertz CT molecular complexity index is 2870. The second kappa shape index (κ2) is 20.0. The molecule has 8 aromatic rings. The summed E-state index contributed by atoms with van der Waals surface area (Å²) >= 11 is 0. The van der Waals surface area contributed by atoms with E-state index in [4.69, 9.17) is 37.1 Å². The first kappa shape index (κ1) is 40.3. The van der Waals surface area contributed by atoms with Crippen molar-refractivity contribution in [2.45, 2.75) is 0 Å². The molecule has 0 amide bonds. The van der Waals surface area contributed by atoms with Gasteiger partial charge in [-0.1, -0.05) is 115 Å². The average molecular weight is 882 g/mol. The molecule has 0 aliphatic carbocycles. The highest BCUT2D eigenvalue weighted by Gasteiger charge is 2.35. The maximum Gasteiger partial charge on any atom is 0.430 e. The van der Waals surface area contributed by atoms with Gasteiger partial charge in [0.25, 0.3) is 0 Å². The Kier molecular flexibility index (Phi) is 13.2. The number of nitrogens with zero attached hydrogens (tertiary/aromatic N) is 6. The molecule has 1 aromatic heterocycles. The molecule has 0 fully saturated rings. The number of hydrogen-bond donors (Lipinski definition) is 0. The average Bonchev–Trinajstić information content (AvgIpc) is 3.32. The molecule has 17 heteroatoms. The lowest BCUT2D eigenvalue weighted by atomic mass is 10.1. The maximum absolute atomic E-state index is 10.4. The van der Waals surface area contributed by atoms with Crippen LogP contribution in [0.4, 0.5) is 0 Å². The Morgan fingerprint density at radius 1 is 0.426 bits per heavy atom. The predicted octanol–water partition coefficient (Wildman–Crippen LogP) is 12.6. The van der Waals surface area contributed by atoms with Crippen molar-refractivity contribution in [1.29, 1.82) is 10.5 Å². The van der Waals surface area contributed by atoms with Gasteiger partial charge in [-0.05, 0) is 84.9 Å². The monoisotopic (exact) mass is 881 g/mol. The highest BCUT2D eigenvalue weighted by atomic mass is 31.2. The van der Waals surface area contributed by atoms with Crippen LogP contribution in [0.15, 0.2) is 200 Å². The summed E-state index contributed by atoms with van der Waals surface area (Å²) < 4.78 is 37.5. The van der Waals surface area contributed by atoms with Crippen LogP contribution >= 0.6 is 32.3 Å². The Hall–Kier alpha value is -7.48. The zero-order valence-electron chi connectivity index (χ0n) is 31.9. The fourth-order valence-electron chi connectivity index (χ4n) is 5.27. The van der Waals surface area contributed by atoms with Crippen LogP contribution in [0.2, 0.25) is 0 Å². The first-order valence-corrected chi connectivity index (χ1v) is 23.1. The Morgan fingerprint density at radius 2 is 0.852 bits per heavy atom.